The second kappa shape index (κ2) is 8.15. The van der Waals surface area contributed by atoms with E-state index in [0.29, 0.717) is 34.6 Å². The molecule has 32 heavy (non-hydrogen) atoms. The fraction of sp³-hybridized carbons (Fsp3) is 0.143. The largest absolute Gasteiger partial charge is 0.433 e. The molecule has 0 atom stereocenters. The summed E-state index contributed by atoms with van der Waals surface area (Å²) in [6.45, 7) is 0. The SMILES string of the molecule is O=C(CCc1ccc(S(=O)(=O)c2cccc(C(F)(F)F)n2)cc1)c1cnc2[nH]ncc2c1. The molecule has 0 aliphatic rings. The van der Waals surface area contributed by atoms with Crippen LogP contribution in [-0.4, -0.2) is 34.4 Å². The molecule has 1 N–H and O–H groups in total. The number of carbonyl (C=O) groups is 1. The molecule has 0 bridgehead atoms. The number of ketones is 1. The molecule has 0 unspecified atom stereocenters. The Morgan fingerprint density at radius 1 is 1.03 bits per heavy atom. The van der Waals surface area contributed by atoms with E-state index in [1.54, 1.807) is 12.3 Å². The number of aromatic nitrogens is 4. The van der Waals surface area contributed by atoms with Crippen LogP contribution < -0.4 is 0 Å². The molecule has 0 radical (unpaired) electrons. The Morgan fingerprint density at radius 3 is 2.50 bits per heavy atom. The molecular formula is C21H15F3N4O3S. The van der Waals surface area contributed by atoms with Gasteiger partial charge < -0.3 is 0 Å². The van der Waals surface area contributed by atoms with Crippen molar-refractivity contribution in [2.45, 2.75) is 28.9 Å². The number of Topliss-reactive ketones (excluding diaryl/α,β-unsaturated/α-hetero) is 1. The number of alkyl halides is 3. The zero-order valence-electron chi connectivity index (χ0n) is 16.3. The van der Waals surface area contributed by atoms with Crippen LogP contribution in [0.2, 0.25) is 0 Å². The number of halogens is 3. The molecule has 4 aromatic rings. The molecule has 0 saturated carbocycles. The Bertz CT molecular complexity index is 1400. The third kappa shape index (κ3) is 4.37. The van der Waals surface area contributed by atoms with Gasteiger partial charge in [0, 0.05) is 23.6 Å². The monoisotopic (exact) mass is 460 g/mol. The van der Waals surface area contributed by atoms with Gasteiger partial charge in [0.25, 0.3) is 0 Å². The first-order valence-corrected chi connectivity index (χ1v) is 10.8. The normalized spacial score (nSPS) is 12.2. The van der Waals surface area contributed by atoms with Crippen LogP contribution in [0.25, 0.3) is 11.0 Å². The lowest BCUT2D eigenvalue weighted by Gasteiger charge is -2.09. The molecule has 3 aromatic heterocycles. The van der Waals surface area contributed by atoms with Crippen molar-refractivity contribution in [3.8, 4) is 0 Å². The maximum Gasteiger partial charge on any atom is 0.433 e. The predicted octanol–water partition coefficient (Wildman–Crippen LogP) is 4.02. The van der Waals surface area contributed by atoms with Crippen LogP contribution in [0, 0.1) is 0 Å². The van der Waals surface area contributed by atoms with E-state index in [1.807, 2.05) is 0 Å². The maximum absolute atomic E-state index is 12.9. The van der Waals surface area contributed by atoms with Gasteiger partial charge in [-0.05, 0) is 42.3 Å². The first-order valence-electron chi connectivity index (χ1n) is 9.35. The third-order valence-corrected chi connectivity index (χ3v) is 6.45. The summed E-state index contributed by atoms with van der Waals surface area (Å²) in [6.07, 6.45) is -1.20. The maximum atomic E-state index is 12.9. The topological polar surface area (TPSA) is 106 Å². The van der Waals surface area contributed by atoms with Crippen molar-refractivity contribution in [2.24, 2.45) is 0 Å². The minimum Gasteiger partial charge on any atom is -0.294 e. The van der Waals surface area contributed by atoms with Gasteiger partial charge in [-0.3, -0.25) is 9.89 Å². The number of fused-ring (bicyclic) bond motifs is 1. The molecule has 0 fully saturated rings. The Balaban J connectivity index is 1.47. The van der Waals surface area contributed by atoms with Gasteiger partial charge in [0.1, 0.15) is 5.69 Å². The van der Waals surface area contributed by atoms with Crippen molar-refractivity contribution < 1.29 is 26.4 Å². The molecule has 164 valence electrons. The number of H-pyrrole nitrogens is 1. The lowest BCUT2D eigenvalue weighted by Crippen LogP contribution is -2.12. The number of carbonyl (C=O) groups excluding carboxylic acids is 1. The number of pyridine rings is 2. The first-order chi connectivity index (χ1) is 15.1. The highest BCUT2D eigenvalue weighted by Crippen LogP contribution is 2.29. The lowest BCUT2D eigenvalue weighted by molar-refractivity contribution is -0.141. The molecule has 0 spiro atoms. The van der Waals surface area contributed by atoms with Gasteiger partial charge in [-0.1, -0.05) is 18.2 Å². The summed E-state index contributed by atoms with van der Waals surface area (Å²) in [5.41, 5.74) is 0.436. The number of sulfone groups is 1. The minimum atomic E-state index is -4.75. The van der Waals surface area contributed by atoms with Crippen molar-refractivity contribution in [3.05, 3.63) is 77.7 Å². The number of benzene rings is 1. The number of nitrogens with one attached hydrogen (secondary N) is 1. The van der Waals surface area contributed by atoms with E-state index in [-0.39, 0.29) is 17.1 Å². The molecule has 1 aromatic carbocycles. The number of rotatable bonds is 6. The fourth-order valence-corrected chi connectivity index (χ4v) is 4.28. The molecule has 7 nitrogen and oxygen atoms in total. The summed E-state index contributed by atoms with van der Waals surface area (Å²) in [5.74, 6) is -0.134. The van der Waals surface area contributed by atoms with Crippen LogP contribution in [0.3, 0.4) is 0 Å². The first kappa shape index (κ1) is 21.6. The average molecular weight is 460 g/mol. The Kier molecular flexibility index (Phi) is 5.51. The van der Waals surface area contributed by atoms with Crippen LogP contribution >= 0.6 is 0 Å². The molecule has 0 aliphatic carbocycles. The molecule has 0 saturated heterocycles. The number of nitrogens with zero attached hydrogens (tertiary/aromatic N) is 3. The molecule has 0 amide bonds. The number of hydrogen-bond acceptors (Lipinski definition) is 6. The van der Waals surface area contributed by atoms with E-state index >= 15 is 0 Å². The van der Waals surface area contributed by atoms with Gasteiger partial charge in [0.05, 0.1) is 11.1 Å². The van der Waals surface area contributed by atoms with Gasteiger partial charge in [-0.25, -0.2) is 18.4 Å². The van der Waals surface area contributed by atoms with Crippen LogP contribution in [0.1, 0.15) is 28.0 Å². The smallest absolute Gasteiger partial charge is 0.294 e. The summed E-state index contributed by atoms with van der Waals surface area (Å²) < 4.78 is 63.9. The van der Waals surface area contributed by atoms with E-state index in [1.165, 1.54) is 30.5 Å². The van der Waals surface area contributed by atoms with Crippen molar-refractivity contribution in [1.29, 1.82) is 0 Å². The van der Waals surface area contributed by atoms with Crippen molar-refractivity contribution in [2.75, 3.05) is 0 Å². The van der Waals surface area contributed by atoms with E-state index in [2.05, 4.69) is 20.2 Å². The molecule has 0 aliphatic heterocycles. The van der Waals surface area contributed by atoms with Gasteiger partial charge in [-0.15, -0.1) is 0 Å². The Labute approximate surface area is 180 Å². The molecular weight excluding hydrogens is 445 g/mol. The highest BCUT2D eigenvalue weighted by atomic mass is 32.2. The highest BCUT2D eigenvalue weighted by molar-refractivity contribution is 7.91. The van der Waals surface area contributed by atoms with Crippen LogP contribution in [0.15, 0.2) is 70.8 Å². The number of hydrogen-bond donors (Lipinski definition) is 1. The summed E-state index contributed by atoms with van der Waals surface area (Å²) in [5, 5.41) is 6.59. The second-order valence-electron chi connectivity index (χ2n) is 6.96. The zero-order valence-corrected chi connectivity index (χ0v) is 17.1. The van der Waals surface area contributed by atoms with E-state index in [9.17, 15) is 26.4 Å². The van der Waals surface area contributed by atoms with Gasteiger partial charge in [0.15, 0.2) is 16.5 Å². The van der Waals surface area contributed by atoms with E-state index in [4.69, 9.17) is 0 Å². The van der Waals surface area contributed by atoms with Crippen LogP contribution in [0.4, 0.5) is 13.2 Å². The van der Waals surface area contributed by atoms with Gasteiger partial charge in [-0.2, -0.15) is 18.3 Å². The third-order valence-electron chi connectivity index (χ3n) is 4.78. The molecule has 11 heteroatoms. The number of aryl methyl sites for hydroxylation is 1. The van der Waals surface area contributed by atoms with Gasteiger partial charge >= 0.3 is 6.18 Å². The van der Waals surface area contributed by atoms with Crippen molar-refractivity contribution in [3.63, 3.8) is 0 Å². The van der Waals surface area contributed by atoms with E-state index in [0.717, 1.165) is 12.1 Å². The summed E-state index contributed by atoms with van der Waals surface area (Å²) in [6, 6.07) is 10.0. The Morgan fingerprint density at radius 2 is 1.78 bits per heavy atom. The summed E-state index contributed by atoms with van der Waals surface area (Å²) in [7, 11) is -4.22. The summed E-state index contributed by atoms with van der Waals surface area (Å²) >= 11 is 0. The van der Waals surface area contributed by atoms with Gasteiger partial charge in [0.2, 0.25) is 9.84 Å². The zero-order chi connectivity index (χ0) is 22.9. The fourth-order valence-electron chi connectivity index (χ4n) is 3.07. The lowest BCUT2D eigenvalue weighted by atomic mass is 10.0. The second-order valence-corrected chi connectivity index (χ2v) is 8.86. The number of aromatic amines is 1. The van der Waals surface area contributed by atoms with E-state index < -0.39 is 26.7 Å². The van der Waals surface area contributed by atoms with Crippen molar-refractivity contribution in [1.82, 2.24) is 20.2 Å². The average Bonchev–Trinajstić information content (AvgIpc) is 3.25. The van der Waals surface area contributed by atoms with Crippen molar-refractivity contribution >= 4 is 26.7 Å². The minimum absolute atomic E-state index is 0.134. The predicted molar refractivity (Wildman–Crippen MR) is 108 cm³/mol. The van der Waals surface area contributed by atoms with Crippen LogP contribution in [-0.2, 0) is 22.4 Å². The summed E-state index contributed by atoms with van der Waals surface area (Å²) in [4.78, 5) is 19.6. The highest BCUT2D eigenvalue weighted by Gasteiger charge is 2.33. The Hall–Kier alpha value is -3.60. The quantitative estimate of drug-likeness (QED) is 0.436. The van der Waals surface area contributed by atoms with Crippen LogP contribution in [0.5, 0.6) is 0 Å². The standard InChI is InChI=1S/C21H15F3N4O3S/c22-21(23,24)18-2-1-3-19(27-18)32(30,31)16-7-4-13(5-8-16)6-9-17(29)14-10-15-12-26-28-20(15)25-11-14/h1-5,7-8,10-12H,6,9H2,(H,25,26,28). The molecule has 4 rings (SSSR count). The molecule has 3 heterocycles.